The minimum absolute atomic E-state index is 0.332. The van der Waals surface area contributed by atoms with Crippen molar-refractivity contribution in [1.82, 2.24) is 4.90 Å². The Morgan fingerprint density at radius 2 is 2.00 bits per heavy atom. The van der Waals surface area contributed by atoms with Crippen LogP contribution in [0.1, 0.15) is 18.4 Å². The first-order valence-electron chi connectivity index (χ1n) is 6.61. The number of nitrogens with two attached hydrogens (primary N) is 1. The summed E-state index contributed by atoms with van der Waals surface area (Å²) < 4.78 is 0. The van der Waals surface area contributed by atoms with E-state index in [2.05, 4.69) is 29.2 Å². The maximum absolute atomic E-state index is 11.6. The molecule has 1 atom stereocenters. The number of hydrogen-bond donors (Lipinski definition) is 1. The number of carbonyl (C=O) groups excluding carboxylic acids is 1. The highest BCUT2D eigenvalue weighted by atomic mass is 16.2. The molecule has 0 radical (unpaired) electrons. The Kier molecular flexibility index (Phi) is 2.96. The monoisotopic (exact) mass is 245 g/mol. The molecule has 1 aromatic carbocycles. The molecule has 1 aromatic rings. The second-order valence-corrected chi connectivity index (χ2v) is 5.10. The van der Waals surface area contributed by atoms with Gasteiger partial charge in [-0.2, -0.15) is 0 Å². The number of piperazine rings is 1. The van der Waals surface area contributed by atoms with Crippen LogP contribution in [0.15, 0.2) is 24.3 Å². The summed E-state index contributed by atoms with van der Waals surface area (Å²) in [5.41, 5.74) is 8.01. The molecular weight excluding hydrogens is 226 g/mol. The predicted octanol–water partition coefficient (Wildman–Crippen LogP) is 0.956. The highest BCUT2D eigenvalue weighted by molar-refractivity contribution is 5.79. The second-order valence-electron chi connectivity index (χ2n) is 5.10. The van der Waals surface area contributed by atoms with E-state index in [1.807, 2.05) is 4.90 Å². The molecule has 96 valence electrons. The topological polar surface area (TPSA) is 49.6 Å². The molecule has 1 amide bonds. The molecule has 2 heterocycles. The number of rotatable bonds is 2. The first kappa shape index (κ1) is 11.5. The van der Waals surface area contributed by atoms with Gasteiger partial charge in [0, 0.05) is 44.3 Å². The molecule has 4 nitrogen and oxygen atoms in total. The lowest BCUT2D eigenvalue weighted by Gasteiger charge is -2.38. The van der Waals surface area contributed by atoms with Gasteiger partial charge in [0.1, 0.15) is 0 Å². The van der Waals surface area contributed by atoms with Crippen molar-refractivity contribution in [3.63, 3.8) is 0 Å². The van der Waals surface area contributed by atoms with Gasteiger partial charge in [-0.1, -0.05) is 12.1 Å². The zero-order chi connectivity index (χ0) is 12.5. The zero-order valence-electron chi connectivity index (χ0n) is 10.5. The van der Waals surface area contributed by atoms with Crippen molar-refractivity contribution in [1.29, 1.82) is 0 Å². The molecule has 3 rings (SSSR count). The highest BCUT2D eigenvalue weighted by Crippen LogP contribution is 2.26. The molecule has 2 N–H and O–H groups in total. The van der Waals surface area contributed by atoms with E-state index in [0.29, 0.717) is 18.5 Å². The molecule has 0 aromatic heterocycles. The van der Waals surface area contributed by atoms with Gasteiger partial charge in [-0.25, -0.2) is 0 Å². The average molecular weight is 245 g/mol. The summed E-state index contributed by atoms with van der Waals surface area (Å²) in [4.78, 5) is 16.1. The van der Waals surface area contributed by atoms with Crippen LogP contribution in [0.3, 0.4) is 0 Å². The molecule has 0 aliphatic carbocycles. The standard InChI is InChI=1S/C14H19N3O/c15-9-11-1-3-12(4-2-11)16-7-8-17-13(10-16)5-6-14(17)18/h1-4,13H,5-10,15H2. The molecule has 2 saturated heterocycles. The summed E-state index contributed by atoms with van der Waals surface area (Å²) in [6, 6.07) is 8.85. The Balaban J connectivity index is 1.72. The summed E-state index contributed by atoms with van der Waals surface area (Å²) >= 11 is 0. The number of nitrogens with zero attached hydrogens (tertiary/aromatic N) is 2. The molecule has 2 aliphatic heterocycles. The number of benzene rings is 1. The smallest absolute Gasteiger partial charge is 0.223 e. The van der Waals surface area contributed by atoms with Crippen molar-refractivity contribution in [2.45, 2.75) is 25.4 Å². The van der Waals surface area contributed by atoms with Crippen molar-refractivity contribution < 1.29 is 4.79 Å². The predicted molar refractivity (Wildman–Crippen MR) is 71.3 cm³/mol. The van der Waals surface area contributed by atoms with Crippen LogP contribution in [0, 0.1) is 0 Å². The van der Waals surface area contributed by atoms with Gasteiger partial charge in [-0.05, 0) is 24.1 Å². The summed E-state index contributed by atoms with van der Waals surface area (Å²) in [7, 11) is 0. The Morgan fingerprint density at radius 1 is 1.22 bits per heavy atom. The zero-order valence-corrected chi connectivity index (χ0v) is 10.5. The van der Waals surface area contributed by atoms with E-state index in [4.69, 9.17) is 5.73 Å². The Hall–Kier alpha value is -1.55. The molecule has 1 unspecified atom stereocenters. The van der Waals surface area contributed by atoms with Gasteiger partial charge < -0.3 is 15.5 Å². The van der Waals surface area contributed by atoms with Gasteiger partial charge in [0.25, 0.3) is 0 Å². The van der Waals surface area contributed by atoms with E-state index in [-0.39, 0.29) is 0 Å². The van der Waals surface area contributed by atoms with E-state index in [1.165, 1.54) is 5.69 Å². The van der Waals surface area contributed by atoms with Crippen LogP contribution in [0.25, 0.3) is 0 Å². The van der Waals surface area contributed by atoms with Crippen LogP contribution in [0.2, 0.25) is 0 Å². The van der Waals surface area contributed by atoms with Gasteiger partial charge >= 0.3 is 0 Å². The van der Waals surface area contributed by atoms with Crippen LogP contribution in [0.5, 0.6) is 0 Å². The number of fused-ring (bicyclic) bond motifs is 1. The van der Waals surface area contributed by atoms with Gasteiger partial charge in [-0.3, -0.25) is 4.79 Å². The second kappa shape index (κ2) is 4.61. The van der Waals surface area contributed by atoms with Crippen molar-refractivity contribution in [3.05, 3.63) is 29.8 Å². The van der Waals surface area contributed by atoms with Gasteiger partial charge in [0.2, 0.25) is 5.91 Å². The Morgan fingerprint density at radius 3 is 2.72 bits per heavy atom. The minimum atomic E-state index is 0.332. The number of amides is 1. The largest absolute Gasteiger partial charge is 0.368 e. The Labute approximate surface area is 107 Å². The SMILES string of the molecule is NCc1ccc(N2CCN3C(=O)CCC3C2)cc1. The van der Waals surface area contributed by atoms with E-state index < -0.39 is 0 Å². The number of hydrogen-bond acceptors (Lipinski definition) is 3. The fourth-order valence-electron chi connectivity index (χ4n) is 2.94. The molecule has 0 spiro atoms. The number of anilines is 1. The van der Waals surface area contributed by atoms with Crippen LogP contribution in [0.4, 0.5) is 5.69 Å². The van der Waals surface area contributed by atoms with E-state index >= 15 is 0 Å². The Bertz CT molecular complexity index is 443. The number of carbonyl (C=O) groups is 1. The fraction of sp³-hybridized carbons (Fsp3) is 0.500. The van der Waals surface area contributed by atoms with E-state index in [1.54, 1.807) is 0 Å². The van der Waals surface area contributed by atoms with Crippen molar-refractivity contribution in [2.24, 2.45) is 5.73 Å². The molecule has 0 bridgehead atoms. The average Bonchev–Trinajstić information content (AvgIpc) is 2.80. The van der Waals surface area contributed by atoms with Crippen LogP contribution in [-0.4, -0.2) is 36.5 Å². The van der Waals surface area contributed by atoms with Crippen molar-refractivity contribution >= 4 is 11.6 Å². The maximum atomic E-state index is 11.6. The summed E-state index contributed by atoms with van der Waals surface area (Å²) in [6.45, 7) is 3.35. The molecule has 4 heteroatoms. The van der Waals surface area contributed by atoms with Crippen LogP contribution >= 0.6 is 0 Å². The van der Waals surface area contributed by atoms with E-state index in [0.717, 1.165) is 38.0 Å². The third-order valence-electron chi connectivity index (χ3n) is 4.03. The van der Waals surface area contributed by atoms with Gasteiger partial charge in [-0.15, -0.1) is 0 Å². The van der Waals surface area contributed by atoms with Crippen molar-refractivity contribution in [3.8, 4) is 0 Å². The molecular formula is C14H19N3O. The molecule has 2 fully saturated rings. The molecule has 2 aliphatic rings. The van der Waals surface area contributed by atoms with Crippen molar-refractivity contribution in [2.75, 3.05) is 24.5 Å². The van der Waals surface area contributed by atoms with Gasteiger partial charge in [0.05, 0.1) is 0 Å². The van der Waals surface area contributed by atoms with Crippen LogP contribution in [-0.2, 0) is 11.3 Å². The lowest BCUT2D eigenvalue weighted by atomic mass is 10.1. The fourth-order valence-corrected chi connectivity index (χ4v) is 2.94. The third-order valence-corrected chi connectivity index (χ3v) is 4.03. The third kappa shape index (κ3) is 1.97. The minimum Gasteiger partial charge on any atom is -0.368 e. The first-order chi connectivity index (χ1) is 8.78. The summed E-state index contributed by atoms with van der Waals surface area (Å²) in [5, 5.41) is 0. The summed E-state index contributed by atoms with van der Waals surface area (Å²) in [6.07, 6.45) is 1.74. The highest BCUT2D eigenvalue weighted by Gasteiger charge is 2.35. The van der Waals surface area contributed by atoms with Crippen LogP contribution < -0.4 is 10.6 Å². The molecule has 18 heavy (non-hydrogen) atoms. The normalized spacial score (nSPS) is 23.4. The lowest BCUT2D eigenvalue weighted by molar-refractivity contribution is -0.129. The van der Waals surface area contributed by atoms with E-state index in [9.17, 15) is 4.79 Å². The molecule has 0 saturated carbocycles. The quantitative estimate of drug-likeness (QED) is 0.844. The maximum Gasteiger partial charge on any atom is 0.223 e. The summed E-state index contributed by atoms with van der Waals surface area (Å²) in [5.74, 6) is 0.332. The first-order valence-corrected chi connectivity index (χ1v) is 6.61. The lowest BCUT2D eigenvalue weighted by Crippen LogP contribution is -2.51. The van der Waals surface area contributed by atoms with Gasteiger partial charge in [0.15, 0.2) is 0 Å².